The van der Waals surface area contributed by atoms with Crippen LogP contribution >= 0.6 is 0 Å². The molecule has 0 saturated carbocycles. The first-order chi connectivity index (χ1) is 3.39. The van der Waals surface area contributed by atoms with Gasteiger partial charge in [-0.15, -0.1) is 0 Å². The predicted molar refractivity (Wildman–Crippen MR) is 29.8 cm³/mol. The Morgan fingerprint density at radius 3 is 2.14 bits per heavy atom. The summed E-state index contributed by atoms with van der Waals surface area (Å²) >= 11 is 0. The van der Waals surface area contributed by atoms with Crippen molar-refractivity contribution in [2.45, 2.75) is 6.42 Å². The lowest BCUT2D eigenvalue weighted by Gasteiger charge is -1.86. The monoisotopic (exact) mass is 94.1 g/mol. The van der Waals surface area contributed by atoms with Crippen molar-refractivity contribution in [3.8, 4) is 0 Å². The van der Waals surface area contributed by atoms with Gasteiger partial charge in [0.15, 0.2) is 5.71 Å². The fourth-order valence-corrected chi connectivity index (χ4v) is 0.542. The normalized spacial score (nSPS) is 18.0. The van der Waals surface area contributed by atoms with Crippen LogP contribution in [0.3, 0.4) is 0 Å². The Kier molecular flexibility index (Phi) is 1.07. The Labute approximate surface area is 42.9 Å². The number of rotatable bonds is 0. The highest BCUT2D eigenvalue weighted by Crippen LogP contribution is 1.92. The lowest BCUT2D eigenvalue weighted by molar-refractivity contribution is -0.110. The van der Waals surface area contributed by atoms with Crippen molar-refractivity contribution in [3.63, 3.8) is 0 Å². The van der Waals surface area contributed by atoms with Crippen LogP contribution in [0.15, 0.2) is 24.3 Å². The minimum Gasteiger partial charge on any atom is -0.254 e. The second-order valence-corrected chi connectivity index (χ2v) is 1.54. The molecule has 1 aliphatic carbocycles. The summed E-state index contributed by atoms with van der Waals surface area (Å²) in [6, 6.07) is 0. The molecule has 0 atom stereocenters. The average molecular weight is 94.1 g/mol. The van der Waals surface area contributed by atoms with E-state index in [2.05, 4.69) is 0 Å². The fourth-order valence-electron chi connectivity index (χ4n) is 0.542. The van der Waals surface area contributed by atoms with Crippen molar-refractivity contribution < 1.29 is 5.41 Å². The highest BCUT2D eigenvalue weighted by atomic mass is 14.4. The molecule has 2 N–H and O–H groups in total. The van der Waals surface area contributed by atoms with Crippen LogP contribution in [0.2, 0.25) is 0 Å². The van der Waals surface area contributed by atoms with Crippen molar-refractivity contribution in [1.29, 1.82) is 0 Å². The van der Waals surface area contributed by atoms with E-state index < -0.39 is 0 Å². The molecular weight excluding hydrogens is 86.1 g/mol. The van der Waals surface area contributed by atoms with Gasteiger partial charge in [-0.1, -0.05) is 12.2 Å². The van der Waals surface area contributed by atoms with Gasteiger partial charge >= 0.3 is 0 Å². The average Bonchev–Trinajstić information content (AvgIpc) is 1.69. The van der Waals surface area contributed by atoms with Crippen LogP contribution in [-0.4, -0.2) is 5.71 Å². The molecule has 0 aliphatic heterocycles. The first-order valence-electron chi connectivity index (χ1n) is 2.35. The Bertz CT molecular complexity index is 117. The van der Waals surface area contributed by atoms with Crippen LogP contribution in [0.5, 0.6) is 0 Å². The maximum absolute atomic E-state index is 5.38. The quantitative estimate of drug-likeness (QED) is 0.426. The summed E-state index contributed by atoms with van der Waals surface area (Å²) < 4.78 is 0. The van der Waals surface area contributed by atoms with Crippen LogP contribution in [-0.2, 0) is 0 Å². The summed E-state index contributed by atoms with van der Waals surface area (Å²) in [5.74, 6) is 0. The van der Waals surface area contributed by atoms with Gasteiger partial charge in [0.2, 0.25) is 0 Å². The van der Waals surface area contributed by atoms with E-state index in [0.29, 0.717) is 0 Å². The Morgan fingerprint density at radius 1 is 1.29 bits per heavy atom. The van der Waals surface area contributed by atoms with E-state index in [0.717, 1.165) is 12.1 Å². The number of hydrogen-bond acceptors (Lipinski definition) is 0. The molecule has 0 aromatic carbocycles. The second kappa shape index (κ2) is 1.73. The summed E-state index contributed by atoms with van der Waals surface area (Å²) in [5.41, 5.74) is 0.853. The molecule has 0 unspecified atom stereocenters. The van der Waals surface area contributed by atoms with Crippen molar-refractivity contribution in [3.05, 3.63) is 24.3 Å². The van der Waals surface area contributed by atoms with Gasteiger partial charge in [0.1, 0.15) is 0 Å². The van der Waals surface area contributed by atoms with E-state index in [4.69, 9.17) is 5.41 Å². The molecule has 0 bridgehead atoms. The Morgan fingerprint density at radius 2 is 1.86 bits per heavy atom. The molecule has 0 aromatic heterocycles. The van der Waals surface area contributed by atoms with E-state index in [1.165, 1.54) is 0 Å². The van der Waals surface area contributed by atoms with E-state index >= 15 is 0 Å². The Hall–Kier alpha value is -0.850. The third kappa shape index (κ3) is 1.000. The maximum Gasteiger partial charge on any atom is 0.195 e. The van der Waals surface area contributed by atoms with Crippen molar-refractivity contribution in [2.75, 3.05) is 0 Å². The summed E-state index contributed by atoms with van der Waals surface area (Å²) in [4.78, 5) is 0. The maximum atomic E-state index is 5.38. The van der Waals surface area contributed by atoms with E-state index in [-0.39, 0.29) is 0 Å². The van der Waals surface area contributed by atoms with Gasteiger partial charge in [0, 0.05) is 12.2 Å². The first kappa shape index (κ1) is 4.31. The minimum atomic E-state index is 0.853. The summed E-state index contributed by atoms with van der Waals surface area (Å²) in [6.07, 6.45) is 8.94. The summed E-state index contributed by atoms with van der Waals surface area (Å²) in [6.45, 7) is 0. The zero-order chi connectivity index (χ0) is 5.11. The highest BCUT2D eigenvalue weighted by molar-refractivity contribution is 5.99. The van der Waals surface area contributed by atoms with Gasteiger partial charge in [-0.05, 0) is 6.42 Å². The van der Waals surface area contributed by atoms with Gasteiger partial charge in [-0.3, -0.25) is 5.41 Å². The molecule has 0 amide bonds. The summed E-state index contributed by atoms with van der Waals surface area (Å²) in [7, 11) is 0. The SMILES string of the molecule is [NH2+]=C1C=CCC=C1. The van der Waals surface area contributed by atoms with Gasteiger partial charge in [0.25, 0.3) is 0 Å². The number of hydrogen-bond donors (Lipinski definition) is 1. The van der Waals surface area contributed by atoms with Crippen LogP contribution in [0.1, 0.15) is 6.42 Å². The van der Waals surface area contributed by atoms with Crippen LogP contribution in [0.4, 0.5) is 0 Å². The fraction of sp³-hybridized carbons (Fsp3) is 0.167. The standard InChI is InChI=1S/C6H7N/c7-6-4-2-1-3-5-6/h2-5,7H,1H2/p+1. The first-order valence-corrected chi connectivity index (χ1v) is 2.35. The highest BCUT2D eigenvalue weighted by Gasteiger charge is 1.90. The number of allylic oxidation sites excluding steroid dienone is 4. The van der Waals surface area contributed by atoms with Crippen molar-refractivity contribution in [1.82, 2.24) is 0 Å². The van der Waals surface area contributed by atoms with E-state index in [9.17, 15) is 0 Å². The molecule has 36 valence electrons. The second-order valence-electron chi connectivity index (χ2n) is 1.54. The molecule has 0 spiro atoms. The summed E-state index contributed by atoms with van der Waals surface area (Å²) in [5, 5.41) is 5.38. The lowest BCUT2D eigenvalue weighted by Crippen LogP contribution is -2.37. The van der Waals surface area contributed by atoms with Crippen molar-refractivity contribution in [2.24, 2.45) is 0 Å². The van der Waals surface area contributed by atoms with E-state index in [1.54, 1.807) is 0 Å². The van der Waals surface area contributed by atoms with Crippen LogP contribution in [0, 0.1) is 0 Å². The molecule has 0 saturated heterocycles. The third-order valence-corrected chi connectivity index (χ3v) is 0.893. The van der Waals surface area contributed by atoms with Crippen LogP contribution in [0.25, 0.3) is 0 Å². The predicted octanol–water partition coefficient (Wildman–Crippen LogP) is -0.297. The zero-order valence-corrected chi connectivity index (χ0v) is 4.09. The molecular formula is C6H8N+. The Balaban J connectivity index is 2.66. The molecule has 0 aromatic rings. The van der Waals surface area contributed by atoms with Gasteiger partial charge in [0.05, 0.1) is 0 Å². The largest absolute Gasteiger partial charge is 0.254 e. The topological polar surface area (TPSA) is 25.6 Å². The van der Waals surface area contributed by atoms with Crippen molar-refractivity contribution >= 4 is 5.71 Å². The van der Waals surface area contributed by atoms with E-state index in [1.807, 2.05) is 24.3 Å². The molecule has 1 aliphatic rings. The lowest BCUT2D eigenvalue weighted by atomic mass is 10.2. The minimum absolute atomic E-state index is 0.853. The number of nitrogens with two attached hydrogens (primary N) is 1. The molecule has 0 radical (unpaired) electrons. The van der Waals surface area contributed by atoms with Gasteiger partial charge in [-0.2, -0.15) is 0 Å². The molecule has 0 fully saturated rings. The molecule has 0 heterocycles. The third-order valence-electron chi connectivity index (χ3n) is 0.893. The molecule has 1 rings (SSSR count). The van der Waals surface area contributed by atoms with Gasteiger partial charge in [-0.25, -0.2) is 0 Å². The van der Waals surface area contributed by atoms with Crippen LogP contribution < -0.4 is 5.41 Å². The smallest absolute Gasteiger partial charge is 0.195 e. The molecule has 1 heteroatoms. The van der Waals surface area contributed by atoms with Gasteiger partial charge < -0.3 is 0 Å². The molecule has 7 heavy (non-hydrogen) atoms. The molecule has 1 nitrogen and oxygen atoms in total. The zero-order valence-electron chi connectivity index (χ0n) is 4.09.